The summed E-state index contributed by atoms with van der Waals surface area (Å²) in [4.78, 5) is 6.67. The largest absolute Gasteiger partial charge is 0.467 e. The molecule has 0 unspecified atom stereocenters. The third-order valence-corrected chi connectivity index (χ3v) is 4.20. The van der Waals surface area contributed by atoms with Crippen molar-refractivity contribution in [2.45, 2.75) is 25.9 Å². The minimum atomic E-state index is 0.538. The molecule has 0 radical (unpaired) electrons. The summed E-state index contributed by atoms with van der Waals surface area (Å²) in [5.74, 6) is 2.50. The number of guanidine groups is 1. The molecule has 6 nitrogen and oxygen atoms in total. The Kier molecular flexibility index (Phi) is 7.97. The van der Waals surface area contributed by atoms with Gasteiger partial charge in [0.15, 0.2) is 5.96 Å². The van der Waals surface area contributed by atoms with E-state index in [0.717, 1.165) is 37.1 Å². The number of rotatable bonds is 8. The number of likely N-dealkylation sites (tertiary alicyclic amines) is 1. The Balaban J connectivity index is 1.49. The minimum Gasteiger partial charge on any atom is -0.467 e. The molecule has 1 aromatic heterocycles. The van der Waals surface area contributed by atoms with Crippen LogP contribution in [-0.4, -0.2) is 57.7 Å². The van der Waals surface area contributed by atoms with Crippen molar-refractivity contribution in [3.05, 3.63) is 24.2 Å². The van der Waals surface area contributed by atoms with Gasteiger partial charge in [-0.2, -0.15) is 0 Å². The number of furan rings is 1. The fourth-order valence-corrected chi connectivity index (χ4v) is 2.68. The van der Waals surface area contributed by atoms with Crippen LogP contribution in [0.5, 0.6) is 0 Å². The summed E-state index contributed by atoms with van der Waals surface area (Å²) in [5, 5.41) is 6.77. The maximum absolute atomic E-state index is 5.56. The summed E-state index contributed by atoms with van der Waals surface area (Å²) in [7, 11) is 4.01. The molecule has 0 atom stereocenters. The predicted molar refractivity (Wildman–Crippen MR) is 92.6 cm³/mol. The van der Waals surface area contributed by atoms with Gasteiger partial charge in [-0.1, -0.05) is 0 Å². The van der Waals surface area contributed by atoms with E-state index in [4.69, 9.17) is 9.15 Å². The topological polar surface area (TPSA) is 62.0 Å². The summed E-state index contributed by atoms with van der Waals surface area (Å²) >= 11 is 0. The predicted octanol–water partition coefficient (Wildman–Crippen LogP) is 1.69. The average molecular weight is 322 g/mol. The van der Waals surface area contributed by atoms with Crippen LogP contribution in [0.4, 0.5) is 0 Å². The highest BCUT2D eigenvalue weighted by molar-refractivity contribution is 5.79. The summed E-state index contributed by atoms with van der Waals surface area (Å²) in [5.41, 5.74) is 0. The van der Waals surface area contributed by atoms with E-state index >= 15 is 0 Å². The van der Waals surface area contributed by atoms with Gasteiger partial charge in [0, 0.05) is 26.7 Å². The molecule has 0 aliphatic carbocycles. The van der Waals surface area contributed by atoms with E-state index in [1.807, 2.05) is 19.2 Å². The highest BCUT2D eigenvalue weighted by atomic mass is 16.5. The quantitative estimate of drug-likeness (QED) is 0.433. The van der Waals surface area contributed by atoms with Crippen molar-refractivity contribution in [3.63, 3.8) is 0 Å². The molecule has 0 saturated carbocycles. The molecule has 130 valence electrons. The van der Waals surface area contributed by atoms with E-state index in [1.54, 1.807) is 6.26 Å². The second kappa shape index (κ2) is 10.3. The summed E-state index contributed by atoms with van der Waals surface area (Å²) in [6.07, 6.45) is 5.14. The number of aliphatic imine (C=N–C) groups is 1. The van der Waals surface area contributed by atoms with E-state index in [2.05, 4.69) is 27.6 Å². The smallest absolute Gasteiger partial charge is 0.190 e. The maximum Gasteiger partial charge on any atom is 0.190 e. The van der Waals surface area contributed by atoms with Crippen molar-refractivity contribution < 1.29 is 9.15 Å². The van der Waals surface area contributed by atoms with E-state index < -0.39 is 0 Å². The number of ether oxygens (including phenoxy) is 1. The van der Waals surface area contributed by atoms with Crippen LogP contribution in [0.3, 0.4) is 0 Å². The van der Waals surface area contributed by atoms with Crippen molar-refractivity contribution >= 4 is 5.96 Å². The second-order valence-corrected chi connectivity index (χ2v) is 6.11. The first-order valence-corrected chi connectivity index (χ1v) is 8.51. The van der Waals surface area contributed by atoms with Crippen molar-refractivity contribution in [1.82, 2.24) is 15.5 Å². The molecule has 1 aliphatic rings. The fraction of sp³-hybridized carbons (Fsp3) is 0.706. The third-order valence-electron chi connectivity index (χ3n) is 4.20. The van der Waals surface area contributed by atoms with E-state index in [0.29, 0.717) is 13.2 Å². The molecule has 1 aromatic rings. The van der Waals surface area contributed by atoms with Gasteiger partial charge in [-0.25, -0.2) is 0 Å². The monoisotopic (exact) mass is 322 g/mol. The molecule has 23 heavy (non-hydrogen) atoms. The lowest BCUT2D eigenvalue weighted by Crippen LogP contribution is -2.42. The number of nitrogens with one attached hydrogen (secondary N) is 2. The third kappa shape index (κ3) is 7.05. The molecule has 0 amide bonds. The molecule has 1 saturated heterocycles. The van der Waals surface area contributed by atoms with Gasteiger partial charge in [0.1, 0.15) is 12.4 Å². The van der Waals surface area contributed by atoms with Gasteiger partial charge in [-0.15, -0.1) is 0 Å². The Hall–Kier alpha value is -1.53. The van der Waals surface area contributed by atoms with E-state index in [1.165, 1.54) is 25.9 Å². The lowest BCUT2D eigenvalue weighted by Gasteiger charge is -2.29. The first-order valence-electron chi connectivity index (χ1n) is 8.51. The highest BCUT2D eigenvalue weighted by Crippen LogP contribution is 2.14. The first kappa shape index (κ1) is 17.8. The summed E-state index contributed by atoms with van der Waals surface area (Å²) < 4.78 is 10.8. The number of hydrogen-bond acceptors (Lipinski definition) is 4. The van der Waals surface area contributed by atoms with Gasteiger partial charge < -0.3 is 24.7 Å². The van der Waals surface area contributed by atoms with Gasteiger partial charge >= 0.3 is 0 Å². The molecule has 1 fully saturated rings. The van der Waals surface area contributed by atoms with Crippen LogP contribution < -0.4 is 10.6 Å². The van der Waals surface area contributed by atoms with Crippen LogP contribution in [0, 0.1) is 5.92 Å². The molecule has 1 aliphatic heterocycles. The van der Waals surface area contributed by atoms with Gasteiger partial charge in [0.05, 0.1) is 6.26 Å². The zero-order chi connectivity index (χ0) is 16.3. The van der Waals surface area contributed by atoms with Crippen molar-refractivity contribution in [2.24, 2.45) is 10.9 Å². The Morgan fingerprint density at radius 2 is 2.22 bits per heavy atom. The van der Waals surface area contributed by atoms with Crippen molar-refractivity contribution in [3.8, 4) is 0 Å². The maximum atomic E-state index is 5.56. The SMILES string of the molecule is CN=C(NCCCOCc1ccco1)NCC1CCN(C)CC1. The summed E-state index contributed by atoms with van der Waals surface area (Å²) in [6, 6.07) is 3.80. The molecule has 6 heteroatoms. The molecule has 2 heterocycles. The first-order chi connectivity index (χ1) is 11.3. The second-order valence-electron chi connectivity index (χ2n) is 6.11. The minimum absolute atomic E-state index is 0.538. The zero-order valence-electron chi connectivity index (χ0n) is 14.4. The van der Waals surface area contributed by atoms with Gasteiger partial charge in [-0.05, 0) is 57.5 Å². The molecule has 0 spiro atoms. The standard InChI is InChI=1S/C17H30N4O2/c1-18-17(20-13-15-6-9-21(2)10-7-15)19-8-4-11-22-14-16-5-3-12-23-16/h3,5,12,15H,4,6-11,13-14H2,1-2H3,(H2,18,19,20). The van der Waals surface area contributed by atoms with Crippen LogP contribution in [0.15, 0.2) is 27.8 Å². The Morgan fingerprint density at radius 1 is 1.39 bits per heavy atom. The fourth-order valence-electron chi connectivity index (χ4n) is 2.68. The van der Waals surface area contributed by atoms with Gasteiger partial charge in [-0.3, -0.25) is 4.99 Å². The van der Waals surface area contributed by atoms with E-state index in [-0.39, 0.29) is 0 Å². The number of nitrogens with zero attached hydrogens (tertiary/aromatic N) is 2. The normalized spacial score (nSPS) is 17.4. The Morgan fingerprint density at radius 3 is 2.91 bits per heavy atom. The lowest BCUT2D eigenvalue weighted by molar-refractivity contribution is 0.105. The van der Waals surface area contributed by atoms with Crippen LogP contribution in [0.2, 0.25) is 0 Å². The van der Waals surface area contributed by atoms with Crippen molar-refractivity contribution in [1.29, 1.82) is 0 Å². The molecule has 2 rings (SSSR count). The molecule has 0 aromatic carbocycles. The lowest BCUT2D eigenvalue weighted by atomic mass is 9.97. The molecular weight excluding hydrogens is 292 g/mol. The van der Waals surface area contributed by atoms with E-state index in [9.17, 15) is 0 Å². The Labute approximate surface area is 139 Å². The van der Waals surface area contributed by atoms with Crippen molar-refractivity contribution in [2.75, 3.05) is 46.9 Å². The zero-order valence-corrected chi connectivity index (χ0v) is 14.4. The molecule has 0 bridgehead atoms. The molecule has 2 N–H and O–H groups in total. The average Bonchev–Trinajstić information content (AvgIpc) is 3.08. The van der Waals surface area contributed by atoms with Crippen LogP contribution in [-0.2, 0) is 11.3 Å². The number of hydrogen-bond donors (Lipinski definition) is 2. The highest BCUT2D eigenvalue weighted by Gasteiger charge is 2.16. The summed E-state index contributed by atoms with van der Waals surface area (Å²) in [6.45, 7) is 5.50. The van der Waals surface area contributed by atoms with Crippen LogP contribution in [0.25, 0.3) is 0 Å². The van der Waals surface area contributed by atoms with Gasteiger partial charge in [0.2, 0.25) is 0 Å². The number of piperidine rings is 1. The van der Waals surface area contributed by atoms with Gasteiger partial charge in [0.25, 0.3) is 0 Å². The van der Waals surface area contributed by atoms with Crippen LogP contribution >= 0.6 is 0 Å². The van der Waals surface area contributed by atoms with Crippen LogP contribution in [0.1, 0.15) is 25.0 Å². The Bertz CT molecular complexity index is 439. The molecular formula is C17H30N4O2.